The number of carbonyl (C=O) groups is 5. The first-order chi connectivity index (χ1) is 37.1. The van der Waals surface area contributed by atoms with Gasteiger partial charge in [0.2, 0.25) is 11.8 Å². The van der Waals surface area contributed by atoms with Gasteiger partial charge < -0.3 is 38.8 Å². The lowest BCUT2D eigenvalue weighted by Gasteiger charge is -2.38. The number of alkyl halides is 1. The average molecular weight is 1080 g/mol. The van der Waals surface area contributed by atoms with Crippen molar-refractivity contribution >= 4 is 46.3 Å². The molecule has 1 saturated carbocycles. The van der Waals surface area contributed by atoms with Crippen LogP contribution in [0.25, 0.3) is 33.5 Å². The number of amides is 4. The van der Waals surface area contributed by atoms with E-state index in [1.54, 1.807) is 20.2 Å². The number of hydrazine groups is 1. The number of benzene rings is 1. The number of aromatic nitrogens is 3. The number of rotatable bonds is 8. The zero-order valence-electron chi connectivity index (χ0n) is 47.2. The van der Waals surface area contributed by atoms with E-state index in [0.717, 1.165) is 65.4 Å². The molecule has 0 radical (unpaired) electrons. The summed E-state index contributed by atoms with van der Waals surface area (Å²) in [5.41, 5.74) is 8.56. The highest BCUT2D eigenvalue weighted by Crippen LogP contribution is 2.43. The van der Waals surface area contributed by atoms with Gasteiger partial charge in [0.25, 0.3) is 11.8 Å². The first-order valence-electron chi connectivity index (χ1n) is 28.3. The van der Waals surface area contributed by atoms with E-state index in [1.165, 1.54) is 41.5 Å². The van der Waals surface area contributed by atoms with Gasteiger partial charge >= 0.3 is 5.97 Å². The molecule has 1 aromatic carbocycles. The summed E-state index contributed by atoms with van der Waals surface area (Å²) in [4.78, 5) is 91.1. The third kappa shape index (κ3) is 10.9. The summed E-state index contributed by atoms with van der Waals surface area (Å²) >= 11 is 0. The summed E-state index contributed by atoms with van der Waals surface area (Å²) in [6.07, 6.45) is 5.77. The van der Waals surface area contributed by atoms with Crippen LogP contribution in [0.4, 0.5) is 10.1 Å². The summed E-state index contributed by atoms with van der Waals surface area (Å²) in [5, 5.41) is 4.47. The van der Waals surface area contributed by atoms with E-state index in [1.807, 2.05) is 45.2 Å². The van der Waals surface area contributed by atoms with Gasteiger partial charge in [-0.3, -0.25) is 38.9 Å². The molecular formula is C59H79FN10O8. The number of aryl methyl sites for hydroxylation is 1. The Morgan fingerprint density at radius 3 is 2.38 bits per heavy atom. The van der Waals surface area contributed by atoms with Gasteiger partial charge in [0.05, 0.1) is 64.7 Å². The third-order valence-electron chi connectivity index (χ3n) is 17.0. The minimum Gasteiger partial charge on any atom is -0.491 e. The molecule has 1 aliphatic carbocycles. The van der Waals surface area contributed by atoms with E-state index in [0.29, 0.717) is 54.4 Å². The number of esters is 1. The van der Waals surface area contributed by atoms with Crippen LogP contribution in [-0.4, -0.2) is 166 Å². The SMILES string of the molecule is CCn1c(-c2cc(N3CCN(C4CC4)CC3)cnc2[C@H](C)OC)c2c3nc(ccc31)-c1cc3cc(c1)OC[C@@H]1[C@H](CCN1C(=O)C(C)(C)F)C(=O)N(C)[C@@H](C(C)C)C(=O)N[C@@H](C3)C(=O)N1CCC[C@H](N1)C(=O)OCC(C)(C)C2. The quantitative estimate of drug-likeness (QED) is 0.189. The Morgan fingerprint density at radius 1 is 0.936 bits per heavy atom. The third-order valence-corrected chi connectivity index (χ3v) is 17.0. The molecule has 0 unspecified atom stereocenters. The normalized spacial score (nSPS) is 25.2. The van der Waals surface area contributed by atoms with Crippen LogP contribution in [0, 0.1) is 17.3 Å². The highest BCUT2D eigenvalue weighted by atomic mass is 19.1. The van der Waals surface area contributed by atoms with Crippen LogP contribution in [0.1, 0.15) is 110 Å². The van der Waals surface area contributed by atoms with E-state index in [2.05, 4.69) is 58.0 Å². The molecule has 18 nitrogen and oxygen atoms in total. The fraction of sp³-hybridized carbons (Fsp3) is 0.610. The molecule has 8 bridgehead atoms. The number of piperazine rings is 1. The topological polar surface area (TPSA) is 184 Å². The molecule has 3 saturated heterocycles. The Hall–Kier alpha value is -6.18. The Labute approximate surface area is 457 Å². The van der Waals surface area contributed by atoms with Gasteiger partial charge in [-0.05, 0) is 114 Å². The molecule has 8 heterocycles. The van der Waals surface area contributed by atoms with Crippen LogP contribution in [-0.2, 0) is 52.8 Å². The lowest BCUT2D eigenvalue weighted by molar-refractivity contribution is -0.155. The fourth-order valence-corrected chi connectivity index (χ4v) is 12.6. The smallest absolute Gasteiger partial charge is 0.324 e. The molecule has 4 fully saturated rings. The number of halogens is 1. The maximum Gasteiger partial charge on any atom is 0.324 e. The number of hydrogen-bond donors (Lipinski definition) is 2. The number of likely N-dealkylation sites (N-methyl/N-ethyl adjacent to an activating group) is 1. The number of hydrogen-bond acceptors (Lipinski definition) is 13. The van der Waals surface area contributed by atoms with E-state index in [4.69, 9.17) is 24.2 Å². The number of carbonyl (C=O) groups excluding carboxylic acids is 5. The van der Waals surface area contributed by atoms with Crippen LogP contribution in [0.2, 0.25) is 0 Å². The minimum atomic E-state index is -2.22. The van der Waals surface area contributed by atoms with Gasteiger partial charge in [-0.25, -0.2) is 14.8 Å². The Balaban J connectivity index is 1.15. The van der Waals surface area contributed by atoms with Crippen molar-refractivity contribution in [2.45, 2.75) is 149 Å². The van der Waals surface area contributed by atoms with Gasteiger partial charge in [0.15, 0.2) is 5.67 Å². The second-order valence-electron chi connectivity index (χ2n) is 24.2. The van der Waals surface area contributed by atoms with Gasteiger partial charge in [-0.2, -0.15) is 0 Å². The molecule has 3 aromatic heterocycles. The molecule has 4 aromatic rings. The summed E-state index contributed by atoms with van der Waals surface area (Å²) in [5.74, 6) is -3.48. The van der Waals surface area contributed by atoms with Crippen molar-refractivity contribution in [3.8, 4) is 28.3 Å². The zero-order chi connectivity index (χ0) is 55.5. The lowest BCUT2D eigenvalue weighted by Crippen LogP contribution is -2.62. The van der Waals surface area contributed by atoms with Crippen molar-refractivity contribution < 1.29 is 42.6 Å². The number of fused-ring (bicyclic) bond motifs is 8. The Morgan fingerprint density at radius 2 is 1.69 bits per heavy atom. The summed E-state index contributed by atoms with van der Waals surface area (Å²) < 4.78 is 36.8. The molecule has 10 rings (SSSR count). The Kier molecular flexibility index (Phi) is 15.4. The van der Waals surface area contributed by atoms with Gasteiger partial charge in [-0.15, -0.1) is 0 Å². The molecule has 6 aliphatic rings. The van der Waals surface area contributed by atoms with Gasteiger partial charge in [0.1, 0.15) is 30.5 Å². The van der Waals surface area contributed by atoms with Crippen LogP contribution in [0.5, 0.6) is 5.75 Å². The number of nitrogens with one attached hydrogen (secondary N) is 2. The monoisotopic (exact) mass is 1070 g/mol. The van der Waals surface area contributed by atoms with Crippen molar-refractivity contribution in [2.24, 2.45) is 17.3 Å². The highest BCUT2D eigenvalue weighted by molar-refractivity contribution is 5.95. The van der Waals surface area contributed by atoms with Crippen LogP contribution >= 0.6 is 0 Å². The maximum absolute atomic E-state index is 15.6. The molecule has 0 spiro atoms. The zero-order valence-corrected chi connectivity index (χ0v) is 47.2. The Bertz CT molecular complexity index is 2960. The first kappa shape index (κ1) is 55.1. The predicted octanol–water partition coefficient (Wildman–Crippen LogP) is 6.27. The summed E-state index contributed by atoms with van der Waals surface area (Å²) in [6.45, 7) is 19.1. The number of pyridine rings is 2. The number of cyclic esters (lactones) is 1. The van der Waals surface area contributed by atoms with Crippen molar-refractivity contribution in [1.82, 2.24) is 45.0 Å². The van der Waals surface area contributed by atoms with Crippen molar-refractivity contribution in [3.63, 3.8) is 0 Å². The molecule has 5 aliphatic heterocycles. The number of methoxy groups -OCH3 is 1. The second kappa shape index (κ2) is 21.8. The van der Waals surface area contributed by atoms with Crippen LogP contribution in [0.15, 0.2) is 42.6 Å². The summed E-state index contributed by atoms with van der Waals surface area (Å²) in [6, 6.07) is 8.76. The van der Waals surface area contributed by atoms with Crippen molar-refractivity contribution in [2.75, 3.05) is 71.5 Å². The van der Waals surface area contributed by atoms with Crippen molar-refractivity contribution in [3.05, 3.63) is 59.4 Å². The largest absolute Gasteiger partial charge is 0.491 e. The van der Waals surface area contributed by atoms with Crippen molar-refractivity contribution in [1.29, 1.82) is 0 Å². The van der Waals surface area contributed by atoms with E-state index in [9.17, 15) is 24.0 Å². The maximum atomic E-state index is 15.6. The molecule has 2 N–H and O–H groups in total. The van der Waals surface area contributed by atoms with Gasteiger partial charge in [0, 0.05) is 94.5 Å². The van der Waals surface area contributed by atoms with E-state index in [-0.39, 0.29) is 45.2 Å². The molecule has 420 valence electrons. The first-order valence-corrected chi connectivity index (χ1v) is 28.3. The second-order valence-corrected chi connectivity index (χ2v) is 24.2. The predicted molar refractivity (Wildman–Crippen MR) is 294 cm³/mol. The highest BCUT2D eigenvalue weighted by Gasteiger charge is 2.48. The number of nitrogens with zero attached hydrogens (tertiary/aromatic N) is 8. The minimum absolute atomic E-state index is 0.00524. The number of likely N-dealkylation sites (tertiary alicyclic amines) is 1. The molecule has 6 atom stereocenters. The average Bonchev–Trinajstić information content (AvgIpc) is 4.23. The molecule has 78 heavy (non-hydrogen) atoms. The number of anilines is 1. The number of ether oxygens (including phenoxy) is 3. The standard InChI is InChI=1S/C59H79FN10O8/c1-11-68-47-17-16-44-37-25-36-26-40(28-37)77-32-48-41(18-20-69(48)57(75)59(7,8)60)54(72)65(9)51(34(2)3)53(71)63-46(27-36)55(73)70-19-12-13-45(64-70)56(74)78-33-58(5,6)30-43(50(47)62-44)52(68)42-29-39(31-61-49(42)35(4)76-10)67-23-21-66(22-24-67)38-14-15-38/h16-17,25-26,28-29,31,34-35,38,41,45-46,48,51,64H,11-15,18-24,27,30,32-33H2,1-10H3,(H,63,71)/t35-,41-,45-,46-,48+,51-/m0/s1. The van der Waals surface area contributed by atoms with Crippen LogP contribution < -0.4 is 20.4 Å². The fourth-order valence-electron chi connectivity index (χ4n) is 12.6. The van der Waals surface area contributed by atoms with E-state index < -0.39 is 76.7 Å². The molecule has 19 heteroatoms. The lowest BCUT2D eigenvalue weighted by atomic mass is 9.85. The van der Waals surface area contributed by atoms with E-state index >= 15 is 4.39 Å². The van der Waals surface area contributed by atoms with Gasteiger partial charge in [-0.1, -0.05) is 27.7 Å². The van der Waals surface area contributed by atoms with Crippen LogP contribution in [0.3, 0.4) is 0 Å². The molecular weight excluding hydrogens is 996 g/mol. The molecule has 4 amide bonds. The summed E-state index contributed by atoms with van der Waals surface area (Å²) in [7, 11) is 3.25.